The summed E-state index contributed by atoms with van der Waals surface area (Å²) in [6, 6.07) is 2.32. The maximum Gasteiger partial charge on any atom is 0.138 e. The van der Waals surface area contributed by atoms with E-state index in [4.69, 9.17) is 4.74 Å². The molecule has 1 aromatic rings. The van der Waals surface area contributed by atoms with E-state index in [1.165, 1.54) is 0 Å². The molecular weight excluding hydrogens is 291 g/mol. The Morgan fingerprint density at radius 3 is 3.21 bits per heavy atom. The highest BCUT2D eigenvalue weighted by Crippen LogP contribution is 2.13. The van der Waals surface area contributed by atoms with Gasteiger partial charge in [0, 0.05) is 16.3 Å². The van der Waals surface area contributed by atoms with Crippen molar-refractivity contribution in [2.24, 2.45) is 0 Å². The number of ether oxygens (including phenoxy) is 1. The van der Waals surface area contributed by atoms with Crippen LogP contribution in [-0.2, 0) is 0 Å². The highest BCUT2D eigenvalue weighted by molar-refractivity contribution is 14.1. The Balaban J connectivity index is 1.88. The second-order valence-electron chi connectivity index (χ2n) is 3.09. The van der Waals surface area contributed by atoms with Crippen LogP contribution in [0.25, 0.3) is 0 Å². The first-order valence-corrected chi connectivity index (χ1v) is 5.56. The lowest BCUT2D eigenvalue weighted by molar-refractivity contribution is 0.292. The number of nitrogens with one attached hydrogen (secondary N) is 1. The van der Waals surface area contributed by atoms with Crippen molar-refractivity contribution in [1.82, 2.24) is 10.3 Å². The van der Waals surface area contributed by atoms with Crippen LogP contribution >= 0.6 is 22.6 Å². The maximum atomic E-state index is 5.59. The first-order chi connectivity index (χ1) is 6.84. The average Bonchev–Trinajstić information content (AvgIpc) is 2.67. The zero-order valence-corrected chi connectivity index (χ0v) is 9.77. The number of aromatic nitrogens is 1. The second kappa shape index (κ2) is 4.75. The van der Waals surface area contributed by atoms with Crippen molar-refractivity contribution < 1.29 is 4.74 Å². The van der Waals surface area contributed by atoms with Crippen molar-refractivity contribution in [3.63, 3.8) is 0 Å². The van der Waals surface area contributed by atoms with Crippen molar-refractivity contribution in [3.05, 3.63) is 34.2 Å². The molecule has 1 aliphatic rings. The monoisotopic (exact) mass is 302 g/mol. The third-order valence-electron chi connectivity index (χ3n) is 1.98. The van der Waals surface area contributed by atoms with E-state index in [1.54, 1.807) is 12.4 Å². The summed E-state index contributed by atoms with van der Waals surface area (Å²) in [4.78, 5) is 4.06. The first kappa shape index (κ1) is 9.92. The summed E-state index contributed by atoms with van der Waals surface area (Å²) in [6.07, 6.45) is 7.78. The minimum atomic E-state index is 0.341. The van der Waals surface area contributed by atoms with Crippen LogP contribution in [0.5, 0.6) is 5.75 Å². The summed E-state index contributed by atoms with van der Waals surface area (Å²) in [5.74, 6) is 0.832. The second-order valence-corrected chi connectivity index (χ2v) is 4.34. The normalized spacial score (nSPS) is 19.9. The van der Waals surface area contributed by atoms with Crippen LogP contribution in [0.1, 0.15) is 0 Å². The Morgan fingerprint density at radius 2 is 2.50 bits per heavy atom. The molecule has 0 spiro atoms. The van der Waals surface area contributed by atoms with Crippen molar-refractivity contribution in [2.75, 3.05) is 13.2 Å². The Labute approximate surface area is 96.7 Å². The molecule has 1 aliphatic heterocycles. The molecule has 1 N–H and O–H groups in total. The quantitative estimate of drug-likeness (QED) is 0.680. The van der Waals surface area contributed by atoms with Gasteiger partial charge in [0.1, 0.15) is 12.4 Å². The van der Waals surface area contributed by atoms with Crippen molar-refractivity contribution in [3.8, 4) is 5.75 Å². The molecule has 0 aliphatic carbocycles. The van der Waals surface area contributed by atoms with Crippen LogP contribution in [0.15, 0.2) is 30.6 Å². The van der Waals surface area contributed by atoms with Gasteiger partial charge in [-0.1, -0.05) is 12.2 Å². The van der Waals surface area contributed by atoms with Crippen LogP contribution in [0.4, 0.5) is 0 Å². The summed E-state index contributed by atoms with van der Waals surface area (Å²) in [5, 5.41) is 3.28. The van der Waals surface area contributed by atoms with Gasteiger partial charge in [-0.2, -0.15) is 0 Å². The lowest BCUT2D eigenvalue weighted by atomic mass is 10.3. The molecule has 14 heavy (non-hydrogen) atoms. The topological polar surface area (TPSA) is 34.1 Å². The van der Waals surface area contributed by atoms with E-state index in [9.17, 15) is 0 Å². The van der Waals surface area contributed by atoms with Crippen LogP contribution < -0.4 is 10.1 Å². The molecule has 4 heteroatoms. The van der Waals surface area contributed by atoms with E-state index in [0.717, 1.165) is 15.9 Å². The van der Waals surface area contributed by atoms with Gasteiger partial charge in [-0.3, -0.25) is 4.98 Å². The molecular formula is C10H11IN2O. The van der Waals surface area contributed by atoms with Crippen molar-refractivity contribution in [2.45, 2.75) is 6.04 Å². The smallest absolute Gasteiger partial charge is 0.138 e. The molecule has 1 aromatic heterocycles. The zero-order valence-electron chi connectivity index (χ0n) is 7.61. The van der Waals surface area contributed by atoms with Gasteiger partial charge in [0.2, 0.25) is 0 Å². The van der Waals surface area contributed by atoms with Crippen LogP contribution in [0, 0.1) is 3.57 Å². The van der Waals surface area contributed by atoms with Gasteiger partial charge in [0.15, 0.2) is 0 Å². The van der Waals surface area contributed by atoms with E-state index < -0.39 is 0 Å². The van der Waals surface area contributed by atoms with Crippen molar-refractivity contribution in [1.29, 1.82) is 0 Å². The third kappa shape index (κ3) is 2.68. The number of hydrogen-bond acceptors (Lipinski definition) is 3. The molecule has 0 bridgehead atoms. The lowest BCUT2D eigenvalue weighted by Gasteiger charge is -2.10. The van der Waals surface area contributed by atoms with Crippen LogP contribution in [0.2, 0.25) is 0 Å². The minimum Gasteiger partial charge on any atom is -0.490 e. The van der Waals surface area contributed by atoms with Gasteiger partial charge in [-0.15, -0.1) is 0 Å². The molecule has 74 valence electrons. The standard InChI is InChI=1S/C10H11IN2O/c11-8-4-10(6-12-5-8)14-7-9-2-1-3-13-9/h1-2,4-6,9,13H,3,7H2/t9-/m0/s1. The molecule has 0 aromatic carbocycles. The summed E-state index contributed by atoms with van der Waals surface area (Å²) in [5.41, 5.74) is 0. The summed E-state index contributed by atoms with van der Waals surface area (Å²) < 4.78 is 6.68. The third-order valence-corrected chi connectivity index (χ3v) is 2.57. The van der Waals surface area contributed by atoms with Gasteiger partial charge in [0.25, 0.3) is 0 Å². The summed E-state index contributed by atoms with van der Waals surface area (Å²) >= 11 is 2.22. The van der Waals surface area contributed by atoms with Crippen molar-refractivity contribution >= 4 is 22.6 Å². The van der Waals surface area contributed by atoms with E-state index >= 15 is 0 Å². The summed E-state index contributed by atoms with van der Waals surface area (Å²) in [7, 11) is 0. The molecule has 0 fully saturated rings. The number of halogens is 1. The Morgan fingerprint density at radius 1 is 1.57 bits per heavy atom. The fourth-order valence-electron chi connectivity index (χ4n) is 1.29. The van der Waals surface area contributed by atoms with E-state index in [1.807, 2.05) is 6.07 Å². The number of nitrogens with zero attached hydrogens (tertiary/aromatic N) is 1. The zero-order chi connectivity index (χ0) is 9.80. The maximum absolute atomic E-state index is 5.59. The number of hydrogen-bond donors (Lipinski definition) is 1. The first-order valence-electron chi connectivity index (χ1n) is 4.48. The highest BCUT2D eigenvalue weighted by atomic mass is 127. The fraction of sp³-hybridized carbons (Fsp3) is 0.300. The van der Waals surface area contributed by atoms with Gasteiger partial charge < -0.3 is 10.1 Å². The fourth-order valence-corrected chi connectivity index (χ4v) is 1.76. The average molecular weight is 302 g/mol. The number of rotatable bonds is 3. The van der Waals surface area contributed by atoms with Gasteiger partial charge in [-0.25, -0.2) is 0 Å². The van der Waals surface area contributed by atoms with Crippen LogP contribution in [-0.4, -0.2) is 24.2 Å². The van der Waals surface area contributed by atoms with Crippen LogP contribution in [0.3, 0.4) is 0 Å². The predicted molar refractivity (Wildman–Crippen MR) is 63.4 cm³/mol. The molecule has 0 saturated heterocycles. The van der Waals surface area contributed by atoms with E-state index in [0.29, 0.717) is 12.6 Å². The molecule has 0 radical (unpaired) electrons. The molecule has 2 heterocycles. The molecule has 3 nitrogen and oxygen atoms in total. The van der Waals surface area contributed by atoms with Gasteiger partial charge in [0.05, 0.1) is 12.2 Å². The molecule has 0 saturated carbocycles. The molecule has 0 amide bonds. The number of pyridine rings is 1. The molecule has 1 atom stereocenters. The van der Waals surface area contributed by atoms with Gasteiger partial charge in [-0.05, 0) is 28.7 Å². The minimum absolute atomic E-state index is 0.341. The Kier molecular flexibility index (Phi) is 3.36. The molecule has 0 unspecified atom stereocenters. The molecule has 2 rings (SSSR count). The van der Waals surface area contributed by atoms with Gasteiger partial charge >= 0.3 is 0 Å². The van der Waals surface area contributed by atoms with E-state index in [2.05, 4.69) is 45.0 Å². The SMILES string of the molecule is Ic1cncc(OC[C@@H]2C=CCN2)c1. The lowest BCUT2D eigenvalue weighted by Crippen LogP contribution is -2.28. The Bertz CT molecular complexity index is 341. The largest absolute Gasteiger partial charge is 0.490 e. The highest BCUT2D eigenvalue weighted by Gasteiger charge is 2.08. The van der Waals surface area contributed by atoms with E-state index in [-0.39, 0.29) is 0 Å². The predicted octanol–water partition coefficient (Wildman–Crippen LogP) is 1.59. The Hall–Kier alpha value is -0.620. The summed E-state index contributed by atoms with van der Waals surface area (Å²) in [6.45, 7) is 1.61.